The molecule has 0 spiro atoms. The smallest absolute Gasteiger partial charge is 0.160 e. The van der Waals surface area contributed by atoms with Gasteiger partial charge in [0, 0.05) is 6.04 Å². The van der Waals surface area contributed by atoms with E-state index in [0.29, 0.717) is 12.0 Å². The van der Waals surface area contributed by atoms with Crippen molar-refractivity contribution in [3.8, 4) is 5.75 Å². The Balaban J connectivity index is 3.14. The number of methoxy groups -OCH3 is 1. The number of rotatable bonds is 3. The average Bonchev–Trinajstić information content (AvgIpc) is 2.46. The van der Waals surface area contributed by atoms with Crippen molar-refractivity contribution in [1.82, 2.24) is 9.78 Å². The summed E-state index contributed by atoms with van der Waals surface area (Å²) in [5.74, 6) is 1.34. The van der Waals surface area contributed by atoms with Crippen molar-refractivity contribution >= 4 is 0 Å². The summed E-state index contributed by atoms with van der Waals surface area (Å²) in [4.78, 5) is 0. The van der Waals surface area contributed by atoms with Crippen LogP contribution < -0.4 is 4.74 Å². The van der Waals surface area contributed by atoms with Gasteiger partial charge >= 0.3 is 0 Å². The molecule has 0 aliphatic heterocycles. The molecule has 0 saturated carbocycles. The van der Waals surface area contributed by atoms with Crippen molar-refractivity contribution in [3.05, 3.63) is 11.9 Å². The summed E-state index contributed by atoms with van der Waals surface area (Å²) in [7, 11) is 1.69. The molecule has 0 saturated heterocycles. The maximum absolute atomic E-state index is 5.25. The van der Waals surface area contributed by atoms with Gasteiger partial charge in [-0.2, -0.15) is 5.10 Å². The van der Waals surface area contributed by atoms with Gasteiger partial charge in [-0.3, -0.25) is 4.68 Å². The fourth-order valence-corrected chi connectivity index (χ4v) is 1.47. The summed E-state index contributed by atoms with van der Waals surface area (Å²) >= 11 is 0. The zero-order chi connectivity index (χ0) is 10.0. The van der Waals surface area contributed by atoms with Gasteiger partial charge in [-0.15, -0.1) is 0 Å². The molecule has 0 atom stereocenters. The first-order valence-corrected chi connectivity index (χ1v) is 4.69. The van der Waals surface area contributed by atoms with Gasteiger partial charge in [0.25, 0.3) is 0 Å². The summed E-state index contributed by atoms with van der Waals surface area (Å²) < 4.78 is 7.27. The molecule has 0 radical (unpaired) electrons. The molecule has 3 heteroatoms. The van der Waals surface area contributed by atoms with Crippen LogP contribution >= 0.6 is 0 Å². The van der Waals surface area contributed by atoms with Crippen LogP contribution in [0.15, 0.2) is 6.20 Å². The number of ether oxygens (including phenoxy) is 1. The third-order valence-corrected chi connectivity index (χ3v) is 2.05. The topological polar surface area (TPSA) is 27.1 Å². The van der Waals surface area contributed by atoms with E-state index in [0.717, 1.165) is 5.75 Å². The summed E-state index contributed by atoms with van der Waals surface area (Å²) in [6.07, 6.45) is 1.79. The molecule has 0 N–H and O–H groups in total. The molecule has 0 aromatic carbocycles. The van der Waals surface area contributed by atoms with Gasteiger partial charge in [-0.1, -0.05) is 13.8 Å². The predicted molar refractivity (Wildman–Crippen MR) is 53.3 cm³/mol. The highest BCUT2D eigenvalue weighted by atomic mass is 16.5. The summed E-state index contributed by atoms with van der Waals surface area (Å²) in [6, 6.07) is 0.390. The highest BCUT2D eigenvalue weighted by Gasteiger charge is 2.16. The van der Waals surface area contributed by atoms with E-state index in [9.17, 15) is 0 Å². The van der Waals surface area contributed by atoms with Gasteiger partial charge in [0.1, 0.15) is 0 Å². The van der Waals surface area contributed by atoms with Gasteiger partial charge in [0.2, 0.25) is 0 Å². The van der Waals surface area contributed by atoms with Crippen molar-refractivity contribution < 1.29 is 4.74 Å². The van der Waals surface area contributed by atoms with Crippen LogP contribution in [-0.2, 0) is 0 Å². The first kappa shape index (κ1) is 10.1. The van der Waals surface area contributed by atoms with Gasteiger partial charge in [-0.05, 0) is 19.8 Å². The molecule has 74 valence electrons. The Kier molecular flexibility index (Phi) is 2.96. The summed E-state index contributed by atoms with van der Waals surface area (Å²) in [6.45, 7) is 8.55. The van der Waals surface area contributed by atoms with Crippen LogP contribution in [0.5, 0.6) is 5.75 Å². The lowest BCUT2D eigenvalue weighted by Crippen LogP contribution is -2.09. The first-order chi connectivity index (χ1) is 6.07. The van der Waals surface area contributed by atoms with Crippen LogP contribution in [0.2, 0.25) is 0 Å². The molecule has 0 bridgehead atoms. The Bertz CT molecular complexity index is 276. The Morgan fingerprint density at radius 2 is 1.92 bits per heavy atom. The molecule has 0 aliphatic carbocycles. The van der Waals surface area contributed by atoms with Gasteiger partial charge < -0.3 is 4.74 Å². The number of nitrogens with zero attached hydrogens (tertiary/aromatic N) is 2. The van der Waals surface area contributed by atoms with E-state index in [4.69, 9.17) is 4.74 Å². The van der Waals surface area contributed by atoms with E-state index >= 15 is 0 Å². The molecule has 0 amide bonds. The van der Waals surface area contributed by atoms with E-state index < -0.39 is 0 Å². The lowest BCUT2D eigenvalue weighted by molar-refractivity contribution is 0.400. The highest BCUT2D eigenvalue weighted by Crippen LogP contribution is 2.27. The summed E-state index contributed by atoms with van der Waals surface area (Å²) in [5, 5.41) is 4.30. The third-order valence-electron chi connectivity index (χ3n) is 2.05. The van der Waals surface area contributed by atoms with Gasteiger partial charge in [0.05, 0.1) is 19.0 Å². The third kappa shape index (κ3) is 1.85. The number of hydrogen-bond donors (Lipinski definition) is 0. The highest BCUT2D eigenvalue weighted by molar-refractivity contribution is 5.28. The second-order valence-electron chi connectivity index (χ2n) is 3.79. The van der Waals surface area contributed by atoms with Gasteiger partial charge in [-0.25, -0.2) is 0 Å². The van der Waals surface area contributed by atoms with E-state index in [1.165, 1.54) is 5.69 Å². The molecular formula is C10H18N2O. The van der Waals surface area contributed by atoms with Crippen molar-refractivity contribution in [1.29, 1.82) is 0 Å². The molecule has 0 unspecified atom stereocenters. The van der Waals surface area contributed by atoms with Crippen molar-refractivity contribution in [3.63, 3.8) is 0 Å². The molecule has 1 heterocycles. The molecule has 1 aromatic rings. The van der Waals surface area contributed by atoms with Gasteiger partial charge in [0.15, 0.2) is 5.75 Å². The second kappa shape index (κ2) is 3.81. The Labute approximate surface area is 79.7 Å². The van der Waals surface area contributed by atoms with Crippen LogP contribution in [0, 0.1) is 0 Å². The lowest BCUT2D eigenvalue weighted by Gasteiger charge is -2.14. The number of hydrogen-bond acceptors (Lipinski definition) is 2. The fourth-order valence-electron chi connectivity index (χ4n) is 1.47. The predicted octanol–water partition coefficient (Wildman–Crippen LogP) is 2.60. The molecule has 3 nitrogen and oxygen atoms in total. The quantitative estimate of drug-likeness (QED) is 0.718. The van der Waals surface area contributed by atoms with Crippen LogP contribution in [0.4, 0.5) is 0 Å². The molecule has 0 fully saturated rings. The first-order valence-electron chi connectivity index (χ1n) is 4.69. The van der Waals surface area contributed by atoms with Crippen LogP contribution in [0.1, 0.15) is 45.3 Å². The minimum Gasteiger partial charge on any atom is -0.493 e. The fraction of sp³-hybridized carbons (Fsp3) is 0.700. The monoisotopic (exact) mass is 182 g/mol. The molecule has 1 aromatic heterocycles. The lowest BCUT2D eigenvalue weighted by atomic mass is 10.1. The van der Waals surface area contributed by atoms with E-state index in [1.807, 2.05) is 4.68 Å². The van der Waals surface area contributed by atoms with Crippen molar-refractivity contribution in [2.75, 3.05) is 7.11 Å². The molecule has 13 heavy (non-hydrogen) atoms. The van der Waals surface area contributed by atoms with E-state index in [-0.39, 0.29) is 0 Å². The standard InChI is InChI=1S/C10H18N2O/c1-7(2)10-9(13-5)6-11-12(10)8(3)4/h6-8H,1-5H3. The largest absolute Gasteiger partial charge is 0.493 e. The van der Waals surface area contributed by atoms with Crippen LogP contribution in [0.25, 0.3) is 0 Å². The Morgan fingerprint density at radius 1 is 1.31 bits per heavy atom. The Hall–Kier alpha value is -0.990. The molecule has 0 aliphatic rings. The van der Waals surface area contributed by atoms with E-state index in [2.05, 4.69) is 32.8 Å². The normalized spacial score (nSPS) is 11.3. The van der Waals surface area contributed by atoms with Crippen molar-refractivity contribution in [2.24, 2.45) is 0 Å². The SMILES string of the molecule is COc1cnn(C(C)C)c1C(C)C. The zero-order valence-corrected chi connectivity index (χ0v) is 9.03. The molecular weight excluding hydrogens is 164 g/mol. The number of aromatic nitrogens is 2. The average molecular weight is 182 g/mol. The van der Waals surface area contributed by atoms with Crippen LogP contribution in [0.3, 0.4) is 0 Å². The second-order valence-corrected chi connectivity index (χ2v) is 3.79. The maximum atomic E-state index is 5.25. The maximum Gasteiger partial charge on any atom is 0.160 e. The van der Waals surface area contributed by atoms with Crippen molar-refractivity contribution in [2.45, 2.75) is 39.7 Å². The Morgan fingerprint density at radius 3 is 2.31 bits per heavy atom. The minimum absolute atomic E-state index is 0.390. The molecule has 1 rings (SSSR count). The summed E-state index contributed by atoms with van der Waals surface area (Å²) in [5.41, 5.74) is 1.18. The minimum atomic E-state index is 0.390. The van der Waals surface area contributed by atoms with E-state index in [1.54, 1.807) is 13.3 Å². The zero-order valence-electron chi connectivity index (χ0n) is 9.03. The van der Waals surface area contributed by atoms with Crippen LogP contribution in [-0.4, -0.2) is 16.9 Å².